The summed E-state index contributed by atoms with van der Waals surface area (Å²) in [5.41, 5.74) is 6.17. The summed E-state index contributed by atoms with van der Waals surface area (Å²) in [5.74, 6) is 7.48. The molecule has 0 amide bonds. The zero-order chi connectivity index (χ0) is 12.0. The predicted molar refractivity (Wildman–Crippen MR) is 70.0 cm³/mol. The van der Waals surface area contributed by atoms with Gasteiger partial charge in [0.25, 0.3) is 0 Å². The Bertz CT molecular complexity index is 264. The normalized spacial score (nSPS) is 34.2. The van der Waals surface area contributed by atoms with Crippen LogP contribution in [0.15, 0.2) is 0 Å². The van der Waals surface area contributed by atoms with Gasteiger partial charge in [0.15, 0.2) is 0 Å². The van der Waals surface area contributed by atoms with Gasteiger partial charge >= 0.3 is 0 Å². The number of hydrogen-bond donors (Lipinski definition) is 2. The lowest BCUT2D eigenvalue weighted by molar-refractivity contribution is 0.113. The smallest absolute Gasteiger partial charge is 0.0332 e. The predicted octanol–water partition coefficient (Wildman–Crippen LogP) is 2.14. The van der Waals surface area contributed by atoms with Crippen LogP contribution in [-0.4, -0.2) is 18.6 Å². The molecule has 0 bridgehead atoms. The first-order valence-corrected chi connectivity index (χ1v) is 6.51. The van der Waals surface area contributed by atoms with Crippen LogP contribution in [-0.2, 0) is 0 Å². The van der Waals surface area contributed by atoms with E-state index in [9.17, 15) is 0 Å². The summed E-state index contributed by atoms with van der Waals surface area (Å²) < 4.78 is 0. The molecule has 2 heteroatoms. The van der Waals surface area contributed by atoms with Crippen molar-refractivity contribution >= 4 is 0 Å². The maximum atomic E-state index is 6.01. The molecule has 0 heterocycles. The van der Waals surface area contributed by atoms with Gasteiger partial charge in [-0.3, -0.25) is 0 Å². The third-order valence-corrected chi connectivity index (χ3v) is 4.28. The zero-order valence-corrected chi connectivity index (χ0v) is 11.0. The van der Waals surface area contributed by atoms with Crippen molar-refractivity contribution in [1.82, 2.24) is 5.32 Å². The van der Waals surface area contributed by atoms with Crippen LogP contribution in [0.25, 0.3) is 0 Å². The van der Waals surface area contributed by atoms with Crippen molar-refractivity contribution in [2.75, 3.05) is 13.1 Å². The Hall–Kier alpha value is -0.520. The van der Waals surface area contributed by atoms with Crippen LogP contribution in [0.4, 0.5) is 0 Å². The minimum absolute atomic E-state index is 0.160. The zero-order valence-electron chi connectivity index (χ0n) is 11.0. The summed E-state index contributed by atoms with van der Waals surface area (Å²) in [7, 11) is 0. The molecule has 1 rings (SSSR count). The number of nitrogens with one attached hydrogen (secondary N) is 1. The molecule has 0 aromatic heterocycles. The molecule has 16 heavy (non-hydrogen) atoms. The fourth-order valence-electron chi connectivity index (χ4n) is 2.87. The quantitative estimate of drug-likeness (QED) is 0.565. The fraction of sp³-hybridized carbons (Fsp3) is 0.857. The largest absolute Gasteiger partial charge is 0.329 e. The highest BCUT2D eigenvalue weighted by atomic mass is 15.0. The first-order chi connectivity index (χ1) is 7.66. The van der Waals surface area contributed by atoms with Gasteiger partial charge in [0, 0.05) is 25.0 Å². The topological polar surface area (TPSA) is 38.0 Å². The minimum atomic E-state index is 0.160. The SMILES string of the molecule is CC#CCCNC1(CN)CCCC(C)C1C. The van der Waals surface area contributed by atoms with Gasteiger partial charge in [0.1, 0.15) is 0 Å². The lowest BCUT2D eigenvalue weighted by atomic mass is 9.68. The summed E-state index contributed by atoms with van der Waals surface area (Å²) in [4.78, 5) is 0. The monoisotopic (exact) mass is 222 g/mol. The number of nitrogens with two attached hydrogens (primary N) is 1. The van der Waals surface area contributed by atoms with E-state index < -0.39 is 0 Å². The van der Waals surface area contributed by atoms with E-state index in [-0.39, 0.29) is 5.54 Å². The van der Waals surface area contributed by atoms with Crippen LogP contribution < -0.4 is 11.1 Å². The van der Waals surface area contributed by atoms with E-state index in [2.05, 4.69) is 31.0 Å². The highest BCUT2D eigenvalue weighted by Crippen LogP contribution is 2.36. The molecule has 1 aliphatic rings. The average molecular weight is 222 g/mol. The Labute approximate surface area is 100 Å². The molecular formula is C14H26N2. The van der Waals surface area contributed by atoms with Gasteiger partial charge in [-0.1, -0.05) is 26.7 Å². The standard InChI is InChI=1S/C14H26N2/c1-4-5-6-10-16-14(11-15)9-7-8-12(2)13(14)3/h12-13,16H,6-11,15H2,1-3H3. The maximum absolute atomic E-state index is 6.01. The molecule has 1 aliphatic carbocycles. The van der Waals surface area contributed by atoms with Crippen LogP contribution in [0.3, 0.4) is 0 Å². The van der Waals surface area contributed by atoms with E-state index in [1.807, 2.05) is 6.92 Å². The second-order valence-corrected chi connectivity index (χ2v) is 5.12. The Balaban J connectivity index is 2.56. The van der Waals surface area contributed by atoms with Gasteiger partial charge in [-0.25, -0.2) is 0 Å². The lowest BCUT2D eigenvalue weighted by Crippen LogP contribution is -2.59. The number of rotatable bonds is 4. The van der Waals surface area contributed by atoms with Gasteiger partial charge in [-0.15, -0.1) is 11.8 Å². The molecule has 2 nitrogen and oxygen atoms in total. The van der Waals surface area contributed by atoms with Crippen LogP contribution in [0.5, 0.6) is 0 Å². The van der Waals surface area contributed by atoms with Crippen molar-refractivity contribution in [3.8, 4) is 11.8 Å². The summed E-state index contributed by atoms with van der Waals surface area (Å²) in [6, 6.07) is 0. The Morgan fingerprint density at radius 3 is 2.81 bits per heavy atom. The highest BCUT2D eigenvalue weighted by molar-refractivity contribution is 5.01. The summed E-state index contributed by atoms with van der Waals surface area (Å²) >= 11 is 0. The molecule has 1 saturated carbocycles. The molecule has 0 saturated heterocycles. The van der Waals surface area contributed by atoms with Gasteiger partial charge in [-0.05, 0) is 25.2 Å². The molecule has 3 atom stereocenters. The van der Waals surface area contributed by atoms with Crippen LogP contribution in [0.1, 0.15) is 46.5 Å². The van der Waals surface area contributed by atoms with Crippen molar-refractivity contribution in [3.05, 3.63) is 0 Å². The molecule has 3 N–H and O–H groups in total. The Morgan fingerprint density at radius 1 is 1.44 bits per heavy atom. The van der Waals surface area contributed by atoms with E-state index in [0.717, 1.165) is 25.4 Å². The molecule has 0 aliphatic heterocycles. The minimum Gasteiger partial charge on any atom is -0.329 e. The van der Waals surface area contributed by atoms with Crippen LogP contribution in [0, 0.1) is 23.7 Å². The molecule has 0 spiro atoms. The third-order valence-electron chi connectivity index (χ3n) is 4.28. The van der Waals surface area contributed by atoms with E-state index >= 15 is 0 Å². The van der Waals surface area contributed by atoms with Gasteiger partial charge in [-0.2, -0.15) is 0 Å². The van der Waals surface area contributed by atoms with Crippen molar-refractivity contribution < 1.29 is 0 Å². The van der Waals surface area contributed by atoms with Crippen molar-refractivity contribution in [3.63, 3.8) is 0 Å². The van der Waals surface area contributed by atoms with E-state index in [0.29, 0.717) is 5.92 Å². The summed E-state index contributed by atoms with van der Waals surface area (Å²) in [6.45, 7) is 8.30. The van der Waals surface area contributed by atoms with Crippen LogP contribution >= 0.6 is 0 Å². The maximum Gasteiger partial charge on any atom is 0.0332 e. The summed E-state index contributed by atoms with van der Waals surface area (Å²) in [6.07, 6.45) is 4.79. The van der Waals surface area contributed by atoms with Crippen molar-refractivity contribution in [1.29, 1.82) is 0 Å². The van der Waals surface area contributed by atoms with Gasteiger partial charge in [0.2, 0.25) is 0 Å². The summed E-state index contributed by atoms with van der Waals surface area (Å²) in [5, 5.41) is 3.67. The molecule has 0 radical (unpaired) electrons. The second-order valence-electron chi connectivity index (χ2n) is 5.12. The first-order valence-electron chi connectivity index (χ1n) is 6.51. The molecule has 0 aromatic carbocycles. The van der Waals surface area contributed by atoms with E-state index in [4.69, 9.17) is 5.73 Å². The van der Waals surface area contributed by atoms with Crippen LogP contribution in [0.2, 0.25) is 0 Å². The number of hydrogen-bond acceptors (Lipinski definition) is 2. The van der Waals surface area contributed by atoms with Gasteiger partial charge in [0.05, 0.1) is 0 Å². The van der Waals surface area contributed by atoms with E-state index in [1.165, 1.54) is 19.3 Å². The molecule has 1 fully saturated rings. The molecule has 3 unspecified atom stereocenters. The fourth-order valence-corrected chi connectivity index (χ4v) is 2.87. The highest BCUT2D eigenvalue weighted by Gasteiger charge is 2.39. The van der Waals surface area contributed by atoms with Crippen molar-refractivity contribution in [2.24, 2.45) is 17.6 Å². The average Bonchev–Trinajstić information content (AvgIpc) is 2.30. The molecular weight excluding hydrogens is 196 g/mol. The van der Waals surface area contributed by atoms with Gasteiger partial charge < -0.3 is 11.1 Å². The Morgan fingerprint density at radius 2 is 2.19 bits per heavy atom. The molecule has 92 valence electrons. The molecule has 0 aromatic rings. The van der Waals surface area contributed by atoms with Crippen molar-refractivity contribution in [2.45, 2.75) is 52.0 Å². The van der Waals surface area contributed by atoms with E-state index in [1.54, 1.807) is 0 Å². The second kappa shape index (κ2) is 6.27. The Kier molecular flexibility index (Phi) is 5.31. The first kappa shape index (κ1) is 13.5. The third kappa shape index (κ3) is 2.99. The lowest BCUT2D eigenvalue weighted by Gasteiger charge is -2.46.